The molecule has 0 aliphatic rings. The van der Waals surface area contributed by atoms with Gasteiger partial charge >= 0.3 is 0 Å². The van der Waals surface area contributed by atoms with Crippen molar-refractivity contribution in [2.24, 2.45) is 5.92 Å². The zero-order chi connectivity index (χ0) is 4.28. The molecule has 0 bridgehead atoms. The topological polar surface area (TPSA) is 20.2 Å². The van der Waals surface area contributed by atoms with Crippen LogP contribution in [0.1, 0.15) is 13.8 Å². The Kier molecular flexibility index (Phi) is 8.85. The number of aliphatic hydroxyl groups excluding tert-OH is 1. The van der Waals surface area contributed by atoms with Crippen molar-refractivity contribution in [1.82, 2.24) is 0 Å². The van der Waals surface area contributed by atoms with Crippen LogP contribution in [-0.2, 0) is 17.1 Å². The largest absolute Gasteiger partial charge is 0.396 e. The molecular weight excluding hydrogens is 120 g/mol. The van der Waals surface area contributed by atoms with E-state index in [4.69, 9.17) is 5.11 Å². The molecule has 6 heavy (non-hydrogen) atoms. The molecule has 0 radical (unpaired) electrons. The summed E-state index contributed by atoms with van der Waals surface area (Å²) in [5, 5.41) is 8.14. The van der Waals surface area contributed by atoms with Gasteiger partial charge in [-0.2, -0.15) is 0 Å². The van der Waals surface area contributed by atoms with Gasteiger partial charge in [0.2, 0.25) is 0 Å². The van der Waals surface area contributed by atoms with Gasteiger partial charge in [0, 0.05) is 23.7 Å². The summed E-state index contributed by atoms with van der Waals surface area (Å²) in [5.74, 6) is 0.440. The summed E-state index contributed by atoms with van der Waals surface area (Å²) >= 11 is 0. The van der Waals surface area contributed by atoms with Crippen LogP contribution in [-0.4, -0.2) is 11.7 Å². The Morgan fingerprint density at radius 1 is 1.50 bits per heavy atom. The summed E-state index contributed by atoms with van der Waals surface area (Å²) < 4.78 is 0. The molecule has 0 heterocycles. The van der Waals surface area contributed by atoms with E-state index < -0.39 is 0 Å². The van der Waals surface area contributed by atoms with Crippen LogP contribution in [0.4, 0.5) is 0 Å². The van der Waals surface area contributed by atoms with Crippen LogP contribution in [0, 0.1) is 5.92 Å². The molecule has 0 aliphatic heterocycles. The molecular formula is C4H10FeO. The molecule has 0 rings (SSSR count). The second kappa shape index (κ2) is 5.48. The van der Waals surface area contributed by atoms with Crippen molar-refractivity contribution in [2.45, 2.75) is 13.8 Å². The fraction of sp³-hybridized carbons (Fsp3) is 1.00. The first-order chi connectivity index (χ1) is 2.27. The zero-order valence-electron chi connectivity index (χ0n) is 4.09. The minimum atomic E-state index is 0. The minimum absolute atomic E-state index is 0. The molecule has 0 unspecified atom stereocenters. The van der Waals surface area contributed by atoms with Crippen molar-refractivity contribution in [3.05, 3.63) is 0 Å². The fourth-order valence-electron chi connectivity index (χ4n) is 0. The van der Waals surface area contributed by atoms with Crippen LogP contribution in [0.3, 0.4) is 0 Å². The predicted octanol–water partition coefficient (Wildman–Crippen LogP) is 0.632. The van der Waals surface area contributed by atoms with E-state index in [1.54, 1.807) is 0 Å². The third kappa shape index (κ3) is 8.82. The molecule has 1 nitrogen and oxygen atoms in total. The van der Waals surface area contributed by atoms with Crippen LogP contribution >= 0.6 is 0 Å². The van der Waals surface area contributed by atoms with Gasteiger partial charge in [-0.05, 0) is 5.92 Å². The molecule has 1 N–H and O–H groups in total. The van der Waals surface area contributed by atoms with E-state index in [0.29, 0.717) is 12.5 Å². The third-order valence-electron chi connectivity index (χ3n) is 0.365. The molecule has 40 valence electrons. The first kappa shape index (κ1) is 9.70. The Hall–Kier alpha value is 0.479. The van der Waals surface area contributed by atoms with Crippen molar-refractivity contribution >= 4 is 0 Å². The average molecular weight is 130 g/mol. The van der Waals surface area contributed by atoms with E-state index in [1.165, 1.54) is 0 Å². The molecule has 0 aromatic rings. The second-order valence-electron chi connectivity index (χ2n) is 1.58. The van der Waals surface area contributed by atoms with E-state index in [2.05, 4.69) is 0 Å². The second-order valence-corrected chi connectivity index (χ2v) is 1.58. The quantitative estimate of drug-likeness (QED) is 0.516. The summed E-state index contributed by atoms with van der Waals surface area (Å²) in [6, 6.07) is 0. The van der Waals surface area contributed by atoms with Gasteiger partial charge in [-0.15, -0.1) is 0 Å². The van der Waals surface area contributed by atoms with Gasteiger partial charge in [0.1, 0.15) is 0 Å². The van der Waals surface area contributed by atoms with Crippen LogP contribution < -0.4 is 0 Å². The number of hydrogen-bond acceptors (Lipinski definition) is 1. The smallest absolute Gasteiger partial charge is 0.0453 e. The summed E-state index contributed by atoms with van der Waals surface area (Å²) in [6.07, 6.45) is 0. The van der Waals surface area contributed by atoms with Gasteiger partial charge < -0.3 is 5.11 Å². The average Bonchev–Trinajstić information content (AvgIpc) is 1.38. The van der Waals surface area contributed by atoms with E-state index in [0.717, 1.165) is 0 Å². The van der Waals surface area contributed by atoms with E-state index >= 15 is 0 Å². The van der Waals surface area contributed by atoms with Gasteiger partial charge in [-0.3, -0.25) is 0 Å². The third-order valence-corrected chi connectivity index (χ3v) is 0.365. The molecule has 0 aliphatic carbocycles. The Morgan fingerprint density at radius 3 is 1.67 bits per heavy atom. The Balaban J connectivity index is 0. The molecule has 0 fully saturated rings. The molecule has 2 heteroatoms. The van der Waals surface area contributed by atoms with Gasteiger partial charge in [0.05, 0.1) is 0 Å². The number of hydrogen-bond donors (Lipinski definition) is 1. The SMILES string of the molecule is CC(C)CO.[Fe]. The van der Waals surface area contributed by atoms with Gasteiger partial charge in [0.25, 0.3) is 0 Å². The summed E-state index contributed by atoms with van der Waals surface area (Å²) in [5.41, 5.74) is 0. The van der Waals surface area contributed by atoms with E-state index in [1.807, 2.05) is 13.8 Å². The van der Waals surface area contributed by atoms with Crippen LogP contribution in [0.2, 0.25) is 0 Å². The summed E-state index contributed by atoms with van der Waals surface area (Å²) in [4.78, 5) is 0. The van der Waals surface area contributed by atoms with Crippen molar-refractivity contribution in [3.63, 3.8) is 0 Å². The van der Waals surface area contributed by atoms with Crippen molar-refractivity contribution in [2.75, 3.05) is 6.61 Å². The molecule has 0 aromatic carbocycles. The zero-order valence-corrected chi connectivity index (χ0v) is 5.19. The maximum atomic E-state index is 8.14. The Labute approximate surface area is 49.2 Å². The van der Waals surface area contributed by atoms with Crippen molar-refractivity contribution in [1.29, 1.82) is 0 Å². The summed E-state index contributed by atoms with van der Waals surface area (Å²) in [6.45, 7) is 4.25. The Bertz CT molecular complexity index is 21.5. The monoisotopic (exact) mass is 130 g/mol. The van der Waals surface area contributed by atoms with Crippen LogP contribution in [0.15, 0.2) is 0 Å². The molecule has 0 atom stereocenters. The standard InChI is InChI=1S/C4H10O.Fe/c1-4(2)3-5;/h4-5H,3H2,1-2H3;. The van der Waals surface area contributed by atoms with Crippen LogP contribution in [0.25, 0.3) is 0 Å². The molecule has 0 amide bonds. The van der Waals surface area contributed by atoms with Gasteiger partial charge in [0.15, 0.2) is 0 Å². The summed E-state index contributed by atoms with van der Waals surface area (Å²) in [7, 11) is 0. The number of aliphatic hydroxyl groups is 1. The molecule has 0 aromatic heterocycles. The number of rotatable bonds is 1. The Morgan fingerprint density at radius 2 is 1.67 bits per heavy atom. The molecule has 0 saturated heterocycles. The molecule has 0 saturated carbocycles. The first-order valence-electron chi connectivity index (χ1n) is 1.88. The van der Waals surface area contributed by atoms with Crippen molar-refractivity contribution < 1.29 is 22.2 Å². The molecule has 0 spiro atoms. The van der Waals surface area contributed by atoms with Gasteiger partial charge in [-0.25, -0.2) is 0 Å². The fourth-order valence-corrected chi connectivity index (χ4v) is 0. The first-order valence-corrected chi connectivity index (χ1v) is 1.88. The van der Waals surface area contributed by atoms with Crippen LogP contribution in [0.5, 0.6) is 0 Å². The van der Waals surface area contributed by atoms with E-state index in [9.17, 15) is 0 Å². The minimum Gasteiger partial charge on any atom is -0.396 e. The maximum Gasteiger partial charge on any atom is 0.0453 e. The van der Waals surface area contributed by atoms with E-state index in [-0.39, 0.29) is 17.1 Å². The maximum absolute atomic E-state index is 8.14. The van der Waals surface area contributed by atoms with Gasteiger partial charge in [-0.1, -0.05) is 13.8 Å². The normalized spacial score (nSPS) is 8.00. The van der Waals surface area contributed by atoms with Crippen molar-refractivity contribution in [3.8, 4) is 0 Å². The predicted molar refractivity (Wildman–Crippen MR) is 21.9 cm³/mol.